The second-order valence-electron chi connectivity index (χ2n) is 10.4. The van der Waals surface area contributed by atoms with Gasteiger partial charge in [-0.25, -0.2) is 14.8 Å². The van der Waals surface area contributed by atoms with Gasteiger partial charge in [-0.2, -0.15) is 0 Å². The molecule has 1 fully saturated rings. The van der Waals surface area contributed by atoms with Gasteiger partial charge in [-0.1, -0.05) is 48.9 Å². The van der Waals surface area contributed by atoms with Gasteiger partial charge in [0, 0.05) is 54.6 Å². The highest BCUT2D eigenvalue weighted by molar-refractivity contribution is 7.19. The minimum absolute atomic E-state index is 0.238. The molecule has 1 saturated heterocycles. The summed E-state index contributed by atoms with van der Waals surface area (Å²) in [6.07, 6.45) is 2.54. The zero-order valence-corrected chi connectivity index (χ0v) is 25.3. The fourth-order valence-corrected chi connectivity index (χ4v) is 6.52. The first-order chi connectivity index (χ1) is 19.9. The molecule has 0 aliphatic carbocycles. The average molecular weight is 594 g/mol. The maximum Gasteiger partial charge on any atom is 0.326 e. The molecule has 0 saturated carbocycles. The third kappa shape index (κ3) is 6.64. The maximum atomic E-state index is 12.5. The number of para-hydroxylation sites is 1. The van der Waals surface area contributed by atoms with Crippen LogP contribution in [0.3, 0.4) is 0 Å². The first kappa shape index (κ1) is 29.3. The second-order valence-corrected chi connectivity index (χ2v) is 11.9. The number of halogens is 1. The number of hydrogen-bond acceptors (Lipinski definition) is 8. The Balaban J connectivity index is 1.40. The van der Waals surface area contributed by atoms with Gasteiger partial charge in [0.05, 0.1) is 5.39 Å². The minimum Gasteiger partial charge on any atom is -0.492 e. The number of carbonyl (C=O) groups is 1. The van der Waals surface area contributed by atoms with Crippen LogP contribution in [0, 0.1) is 6.92 Å². The molecule has 2 aromatic carbocycles. The number of benzene rings is 2. The van der Waals surface area contributed by atoms with Gasteiger partial charge in [0.15, 0.2) is 0 Å². The molecule has 8 nitrogen and oxygen atoms in total. The van der Waals surface area contributed by atoms with Crippen molar-refractivity contribution in [3.63, 3.8) is 0 Å². The smallest absolute Gasteiger partial charge is 0.326 e. The van der Waals surface area contributed by atoms with E-state index < -0.39 is 12.0 Å². The van der Waals surface area contributed by atoms with Crippen molar-refractivity contribution in [3.05, 3.63) is 69.8 Å². The number of rotatable bonds is 11. The second kappa shape index (κ2) is 13.2. The molecular weight excluding hydrogens is 558 g/mol. The van der Waals surface area contributed by atoms with Crippen LogP contribution < -0.4 is 10.1 Å². The number of likely N-dealkylation sites (N-methyl/N-ethyl adjacent to an activating group) is 1. The van der Waals surface area contributed by atoms with Crippen LogP contribution >= 0.6 is 22.9 Å². The molecule has 0 unspecified atom stereocenters. The van der Waals surface area contributed by atoms with Crippen LogP contribution in [0.1, 0.15) is 22.9 Å². The summed E-state index contributed by atoms with van der Waals surface area (Å²) >= 11 is 8.10. The summed E-state index contributed by atoms with van der Waals surface area (Å²) < 4.78 is 6.17. The molecule has 0 radical (unpaired) electrons. The zero-order chi connectivity index (χ0) is 28.9. The Morgan fingerprint density at radius 3 is 2.68 bits per heavy atom. The number of nitrogens with zero attached hydrogens (tertiary/aromatic N) is 4. The molecule has 216 valence electrons. The van der Waals surface area contributed by atoms with Crippen molar-refractivity contribution >= 4 is 44.9 Å². The van der Waals surface area contributed by atoms with E-state index in [2.05, 4.69) is 39.1 Å². The number of nitrogens with one attached hydrogen (secondary N) is 1. The van der Waals surface area contributed by atoms with Gasteiger partial charge in [0.1, 0.15) is 35.4 Å². The fourth-order valence-electron chi connectivity index (χ4n) is 5.26. The summed E-state index contributed by atoms with van der Waals surface area (Å²) in [5.41, 5.74) is 3.81. The highest BCUT2D eigenvalue weighted by Crippen LogP contribution is 2.43. The topological polar surface area (TPSA) is 90.8 Å². The number of fused-ring (bicyclic) bond motifs is 1. The first-order valence-corrected chi connectivity index (χ1v) is 15.2. The lowest BCUT2D eigenvalue weighted by atomic mass is 9.97. The molecule has 4 aromatic rings. The van der Waals surface area contributed by atoms with Crippen LogP contribution in [0.15, 0.2) is 48.8 Å². The molecule has 10 heteroatoms. The lowest BCUT2D eigenvalue weighted by Gasteiger charge is -2.32. The molecule has 3 heterocycles. The van der Waals surface area contributed by atoms with Crippen molar-refractivity contribution in [2.24, 2.45) is 0 Å². The van der Waals surface area contributed by atoms with Crippen molar-refractivity contribution in [2.45, 2.75) is 32.7 Å². The molecule has 41 heavy (non-hydrogen) atoms. The van der Waals surface area contributed by atoms with Gasteiger partial charge in [-0.15, -0.1) is 11.3 Å². The Labute approximate surface area is 249 Å². The van der Waals surface area contributed by atoms with E-state index in [1.807, 2.05) is 49.4 Å². The van der Waals surface area contributed by atoms with Gasteiger partial charge < -0.3 is 20.1 Å². The van der Waals surface area contributed by atoms with E-state index in [-0.39, 0.29) is 6.42 Å². The number of aryl methyl sites for hydroxylation is 1. The van der Waals surface area contributed by atoms with Gasteiger partial charge in [-0.3, -0.25) is 4.90 Å². The number of ether oxygens (including phenoxy) is 1. The Hall–Kier alpha value is -3.24. The molecule has 0 amide bonds. The van der Waals surface area contributed by atoms with E-state index in [0.29, 0.717) is 23.2 Å². The molecule has 0 spiro atoms. The Morgan fingerprint density at radius 2 is 1.93 bits per heavy atom. The van der Waals surface area contributed by atoms with Crippen molar-refractivity contribution in [1.29, 1.82) is 0 Å². The summed E-state index contributed by atoms with van der Waals surface area (Å²) in [4.78, 5) is 28.3. The van der Waals surface area contributed by atoms with E-state index in [9.17, 15) is 9.90 Å². The number of thiophene rings is 1. The number of aliphatic carboxylic acids is 1. The molecule has 2 N–H and O–H groups in total. The van der Waals surface area contributed by atoms with E-state index >= 15 is 0 Å². The molecule has 0 bridgehead atoms. The van der Waals surface area contributed by atoms with Crippen LogP contribution in [-0.2, 0) is 17.6 Å². The Morgan fingerprint density at radius 1 is 1.15 bits per heavy atom. The molecule has 1 aliphatic heterocycles. The number of aromatic nitrogens is 2. The number of carboxylic acids is 1. The van der Waals surface area contributed by atoms with Gasteiger partial charge >= 0.3 is 5.97 Å². The van der Waals surface area contributed by atoms with Crippen molar-refractivity contribution in [3.8, 4) is 16.9 Å². The Kier molecular flexibility index (Phi) is 9.39. The van der Waals surface area contributed by atoms with Crippen LogP contribution in [0.4, 0.5) is 5.82 Å². The number of carboxylic acid groups (broad SMARTS) is 1. The summed E-state index contributed by atoms with van der Waals surface area (Å²) in [7, 11) is 2.14. The van der Waals surface area contributed by atoms with Crippen molar-refractivity contribution in [1.82, 2.24) is 19.8 Å². The average Bonchev–Trinajstić information content (AvgIpc) is 3.35. The summed E-state index contributed by atoms with van der Waals surface area (Å²) in [5, 5.41) is 15.0. The third-order valence-electron chi connectivity index (χ3n) is 7.69. The highest BCUT2D eigenvalue weighted by atomic mass is 35.5. The van der Waals surface area contributed by atoms with E-state index in [0.717, 1.165) is 76.5 Å². The summed E-state index contributed by atoms with van der Waals surface area (Å²) in [6, 6.07) is 12.6. The van der Waals surface area contributed by atoms with Gasteiger partial charge in [-0.05, 0) is 49.2 Å². The lowest BCUT2D eigenvalue weighted by molar-refractivity contribution is -0.137. The molecule has 1 atom stereocenters. The number of anilines is 1. The maximum absolute atomic E-state index is 12.5. The molecule has 1 aliphatic rings. The van der Waals surface area contributed by atoms with Crippen molar-refractivity contribution in [2.75, 3.05) is 51.7 Å². The fraction of sp³-hybridized carbons (Fsp3) is 0.387. The Bertz CT molecular complexity index is 1520. The number of hydrogen-bond donors (Lipinski definition) is 2. The molecular formula is C31H36ClN5O3S. The number of piperazine rings is 1. The monoisotopic (exact) mass is 593 g/mol. The predicted octanol–water partition coefficient (Wildman–Crippen LogP) is 5.62. The third-order valence-corrected chi connectivity index (χ3v) is 9.34. The SMILES string of the molecule is CCc1sc2ncnc(N[C@H](Cc3ccccc3OCCN3CCN(C)CC3)C(=O)O)c2c1-c1cccc(Cl)c1C. The summed E-state index contributed by atoms with van der Waals surface area (Å²) in [5.74, 6) is 0.248. The van der Waals surface area contributed by atoms with Gasteiger partial charge in [0.2, 0.25) is 0 Å². The largest absolute Gasteiger partial charge is 0.492 e. The van der Waals surface area contributed by atoms with Crippen LogP contribution in [0.2, 0.25) is 5.02 Å². The quantitative estimate of drug-likeness (QED) is 0.232. The van der Waals surface area contributed by atoms with Crippen molar-refractivity contribution < 1.29 is 14.6 Å². The van der Waals surface area contributed by atoms with E-state index in [4.69, 9.17) is 16.3 Å². The summed E-state index contributed by atoms with van der Waals surface area (Å²) in [6.45, 7) is 9.66. The van der Waals surface area contributed by atoms with E-state index in [1.54, 1.807) is 11.3 Å². The molecule has 5 rings (SSSR count). The molecule has 2 aromatic heterocycles. The normalized spacial score (nSPS) is 15.2. The standard InChI is InChI=1S/C31H36ClN5O3S/c1-4-26-27(22-9-7-10-23(32)20(22)2)28-29(33-19-34-30(28)41-26)35-24(31(38)39)18-21-8-5-6-11-25(21)40-17-16-37-14-12-36(3)13-15-37/h5-11,19,24H,4,12-18H2,1-3H3,(H,38,39)(H,33,34,35)/t24-/m1/s1. The van der Waals surface area contributed by atoms with Crippen LogP contribution in [0.5, 0.6) is 5.75 Å². The first-order valence-electron chi connectivity index (χ1n) is 14.0. The van der Waals surface area contributed by atoms with E-state index in [1.165, 1.54) is 6.33 Å². The minimum atomic E-state index is -0.963. The van der Waals surface area contributed by atoms with Crippen LogP contribution in [0.25, 0.3) is 21.3 Å². The highest BCUT2D eigenvalue weighted by Gasteiger charge is 2.25. The van der Waals surface area contributed by atoms with Gasteiger partial charge in [0.25, 0.3) is 0 Å². The zero-order valence-electron chi connectivity index (χ0n) is 23.7. The van der Waals surface area contributed by atoms with Crippen LogP contribution in [-0.4, -0.2) is 83.3 Å². The lowest BCUT2D eigenvalue weighted by Crippen LogP contribution is -2.45. The predicted molar refractivity (Wildman–Crippen MR) is 167 cm³/mol.